The van der Waals surface area contributed by atoms with E-state index in [1.807, 2.05) is 84.9 Å². The van der Waals surface area contributed by atoms with Gasteiger partial charge in [0, 0.05) is 20.2 Å². The first-order valence-electron chi connectivity index (χ1n) is 15.0. The molecule has 5 aromatic rings. The third-order valence-electron chi connectivity index (χ3n) is 7.47. The molecule has 5 aromatic carbocycles. The lowest BCUT2D eigenvalue weighted by molar-refractivity contribution is 0.416. The lowest BCUT2D eigenvalue weighted by atomic mass is 10.0. The summed E-state index contributed by atoms with van der Waals surface area (Å²) in [5.41, 5.74) is 7.35. The van der Waals surface area contributed by atoms with Crippen LogP contribution in [0.5, 0.6) is 11.5 Å². The van der Waals surface area contributed by atoms with Crippen LogP contribution in [0.1, 0.15) is 22.3 Å². The largest absolute Gasteiger partial charge is 0.457 e. The van der Waals surface area contributed by atoms with Crippen molar-refractivity contribution >= 4 is 47.1 Å². The van der Waals surface area contributed by atoms with Gasteiger partial charge in [0.1, 0.15) is 34.5 Å². The van der Waals surface area contributed by atoms with Gasteiger partial charge in [0.15, 0.2) is 0 Å². The van der Waals surface area contributed by atoms with Crippen LogP contribution in [0.2, 0.25) is 0 Å². The number of ether oxygens (including phenoxy) is 3. The Morgan fingerprint density at radius 2 is 0.851 bits per heavy atom. The first kappa shape index (κ1) is 31.5. The fourth-order valence-electron chi connectivity index (χ4n) is 4.85. The Morgan fingerprint density at radius 1 is 0.426 bits per heavy atom. The topological polar surface area (TPSA) is 27.7 Å². The summed E-state index contributed by atoms with van der Waals surface area (Å²) in [5.74, 6) is 3.62. The number of allylic oxidation sites excluding steroid dienone is 3. The Balaban J connectivity index is 0.999. The summed E-state index contributed by atoms with van der Waals surface area (Å²) in [5, 5.41) is 0. The summed E-state index contributed by atoms with van der Waals surface area (Å²) < 4.78 is 21.5. The van der Waals surface area contributed by atoms with Crippen molar-refractivity contribution in [2.24, 2.45) is 0 Å². The lowest BCUT2D eigenvalue weighted by Crippen LogP contribution is -2.01. The van der Waals surface area contributed by atoms with E-state index in [4.69, 9.17) is 14.2 Å². The molecule has 0 unspecified atom stereocenters. The van der Waals surface area contributed by atoms with Crippen molar-refractivity contribution in [1.29, 1.82) is 0 Å². The number of hydrogen-bond donors (Lipinski definition) is 0. The van der Waals surface area contributed by atoms with Crippen LogP contribution in [0.25, 0.3) is 34.0 Å². The Labute approximate surface area is 286 Å². The van der Waals surface area contributed by atoms with Gasteiger partial charge in [-0.25, -0.2) is 0 Å². The fourth-order valence-corrected chi connectivity index (χ4v) is 6.94. The molecule has 4 heteroatoms. The van der Waals surface area contributed by atoms with Crippen LogP contribution in [0.3, 0.4) is 0 Å². The van der Waals surface area contributed by atoms with E-state index >= 15 is 0 Å². The van der Waals surface area contributed by atoms with Gasteiger partial charge in [-0.1, -0.05) is 138 Å². The summed E-state index contributed by atoms with van der Waals surface area (Å²) in [6, 6.07) is 44.0. The van der Waals surface area contributed by atoms with Crippen molar-refractivity contribution in [2.45, 2.75) is 0 Å². The first-order chi connectivity index (χ1) is 22.9. The van der Waals surface area contributed by atoms with Crippen molar-refractivity contribution in [2.75, 3.05) is 0 Å². The molecule has 0 atom stereocenters. The highest BCUT2D eigenvalue weighted by atomic mass is 127. The van der Waals surface area contributed by atoms with Gasteiger partial charge in [-0.05, 0) is 81.0 Å². The molecule has 6 rings (SSSR count). The van der Waals surface area contributed by atoms with E-state index in [0.717, 1.165) is 31.3 Å². The predicted octanol–water partition coefficient (Wildman–Crippen LogP) is 12.1. The minimum atomic E-state index is -0.361. The van der Waals surface area contributed by atoms with Gasteiger partial charge in [-0.15, -0.1) is 0 Å². The second-order valence-corrected chi connectivity index (χ2v) is 13.1. The Bertz CT molecular complexity index is 2020. The summed E-state index contributed by atoms with van der Waals surface area (Å²) in [6.07, 6.45) is 4.23. The third-order valence-corrected chi connectivity index (χ3v) is 10.1. The maximum absolute atomic E-state index is 6.08. The van der Waals surface area contributed by atoms with Crippen LogP contribution >= 0.6 is 20.7 Å². The van der Waals surface area contributed by atoms with E-state index in [1.54, 1.807) is 0 Å². The van der Waals surface area contributed by atoms with Gasteiger partial charge < -0.3 is 14.2 Å². The van der Waals surface area contributed by atoms with Crippen molar-refractivity contribution in [3.05, 3.63) is 204 Å². The van der Waals surface area contributed by atoms with Crippen molar-refractivity contribution < 1.29 is 14.2 Å². The minimum absolute atomic E-state index is 0.361. The molecule has 230 valence electrons. The van der Waals surface area contributed by atoms with Crippen LogP contribution in [0.15, 0.2) is 182 Å². The molecule has 0 radical (unpaired) electrons. The average Bonchev–Trinajstić information content (AvgIpc) is 3.13. The standard InChI is InChI=1S/C43H33IO3/c1-30(34-15-17-39(18-16-34)37-11-7-5-8-12-37)45-31(2)35-19-24-41(25-20-35)47-42-26-21-36(22-27-42)32(3)46-33(4)43-28-23-40(29-44-43)38-13-9-6-10-14-38/h5-29H,1-4H2. The van der Waals surface area contributed by atoms with Crippen LogP contribution in [-0.2, 0) is 9.47 Å². The molecule has 0 N–H and O–H groups in total. The molecule has 0 spiro atoms. The van der Waals surface area contributed by atoms with Crippen LogP contribution in [0.4, 0.5) is 0 Å². The van der Waals surface area contributed by atoms with Gasteiger partial charge >= 0.3 is 0 Å². The Morgan fingerprint density at radius 3 is 1.32 bits per heavy atom. The molecule has 0 saturated heterocycles. The molecule has 0 saturated carbocycles. The van der Waals surface area contributed by atoms with Crippen LogP contribution < -0.4 is 4.74 Å². The average molecular weight is 725 g/mol. The SMILES string of the molecule is C=C(OC(=C)c1ccc(Oc2ccc(C(=C)OC(=C)c3ccc(-c4ccccc4)cc3)cc2)cc1)C1=IC=C(c2ccccc2)C=C1. The maximum atomic E-state index is 6.08. The van der Waals surface area contributed by atoms with E-state index in [9.17, 15) is 0 Å². The van der Waals surface area contributed by atoms with Crippen molar-refractivity contribution in [3.63, 3.8) is 0 Å². The molecular formula is C43H33IO3. The molecule has 3 nitrogen and oxygen atoms in total. The molecular weight excluding hydrogens is 691 g/mol. The highest BCUT2D eigenvalue weighted by Gasteiger charge is 2.11. The van der Waals surface area contributed by atoms with Gasteiger partial charge in [0.25, 0.3) is 0 Å². The third kappa shape index (κ3) is 8.04. The zero-order valence-corrected chi connectivity index (χ0v) is 28.0. The summed E-state index contributed by atoms with van der Waals surface area (Å²) in [7, 11) is 0. The van der Waals surface area contributed by atoms with Crippen molar-refractivity contribution in [3.8, 4) is 22.6 Å². The van der Waals surface area contributed by atoms with Gasteiger partial charge in [0.05, 0.1) is 0 Å². The van der Waals surface area contributed by atoms with E-state index in [1.165, 1.54) is 11.1 Å². The quantitative estimate of drug-likeness (QED) is 0.0947. The number of halogens is 1. The fraction of sp³-hybridized carbons (Fsp3) is 0. The normalized spacial score (nSPS) is 12.1. The predicted molar refractivity (Wildman–Crippen MR) is 206 cm³/mol. The molecule has 0 fully saturated rings. The summed E-state index contributed by atoms with van der Waals surface area (Å²) >= 11 is -0.361. The van der Waals surface area contributed by atoms with Gasteiger partial charge in [-0.3, -0.25) is 0 Å². The maximum Gasteiger partial charge on any atom is 0.133 e. The molecule has 0 aromatic heterocycles. The minimum Gasteiger partial charge on any atom is -0.457 e. The number of hydrogen-bond acceptors (Lipinski definition) is 3. The van der Waals surface area contributed by atoms with E-state index in [2.05, 4.69) is 91.1 Å². The second kappa shape index (κ2) is 14.8. The second-order valence-electron chi connectivity index (χ2n) is 10.7. The summed E-state index contributed by atoms with van der Waals surface area (Å²) in [4.78, 5) is 0. The number of rotatable bonds is 12. The molecule has 0 aliphatic carbocycles. The monoisotopic (exact) mass is 724 g/mol. The van der Waals surface area contributed by atoms with Gasteiger partial charge in [-0.2, -0.15) is 0 Å². The highest BCUT2D eigenvalue weighted by Crippen LogP contribution is 2.31. The molecule has 1 heterocycles. The van der Waals surface area contributed by atoms with Crippen molar-refractivity contribution in [1.82, 2.24) is 0 Å². The van der Waals surface area contributed by atoms with E-state index < -0.39 is 0 Å². The van der Waals surface area contributed by atoms with Gasteiger partial charge in [0.2, 0.25) is 0 Å². The first-order valence-corrected chi connectivity index (χ1v) is 17.4. The smallest absolute Gasteiger partial charge is 0.133 e. The zero-order chi connectivity index (χ0) is 32.6. The number of benzene rings is 5. The Kier molecular flexibility index (Phi) is 9.90. The molecule has 0 amide bonds. The van der Waals surface area contributed by atoms with Crippen LogP contribution in [0, 0.1) is 0 Å². The molecule has 0 bridgehead atoms. The Hall–Kier alpha value is -5.46. The highest BCUT2D eigenvalue weighted by molar-refractivity contribution is 14.2. The summed E-state index contributed by atoms with van der Waals surface area (Å²) in [6.45, 7) is 16.5. The van der Waals surface area contributed by atoms with Crippen LogP contribution in [-0.4, -0.2) is 3.51 Å². The van der Waals surface area contributed by atoms with E-state index in [-0.39, 0.29) is 20.7 Å². The lowest BCUT2D eigenvalue weighted by Gasteiger charge is -2.14. The zero-order valence-electron chi connectivity index (χ0n) is 25.9. The van der Waals surface area contributed by atoms with E-state index in [0.29, 0.717) is 34.5 Å². The molecule has 1 aliphatic heterocycles. The molecule has 47 heavy (non-hydrogen) atoms. The molecule has 1 aliphatic rings.